The monoisotopic (exact) mass is 489 g/mol. The molecule has 0 aliphatic carbocycles. The van der Waals surface area contributed by atoms with Crippen molar-refractivity contribution < 1.29 is 32.7 Å². The van der Waals surface area contributed by atoms with Gasteiger partial charge in [-0.3, -0.25) is 0 Å². The van der Waals surface area contributed by atoms with Crippen molar-refractivity contribution in [2.45, 2.75) is 71.2 Å². The zero-order chi connectivity index (χ0) is 20.5. The second kappa shape index (κ2) is 146. The third-order valence-electron chi connectivity index (χ3n) is 1.33. The fourth-order valence-electron chi connectivity index (χ4n) is 0.770. The Morgan fingerprint density at radius 1 is 0.345 bits per heavy atom. The summed E-state index contributed by atoms with van der Waals surface area (Å²) in [5.74, 6) is 0. The predicted octanol–water partition coefficient (Wildman–Crippen LogP) is 8.80. The third kappa shape index (κ3) is 136. The molecule has 0 amide bonds. The molecule has 0 bridgehead atoms. The molecule has 0 saturated heterocycles. The van der Waals surface area contributed by atoms with Gasteiger partial charge in [0.2, 0.25) is 0 Å². The van der Waals surface area contributed by atoms with Crippen LogP contribution in [0.1, 0.15) is 71.2 Å². The maximum atomic E-state index is 4.50. The van der Waals surface area contributed by atoms with Gasteiger partial charge in [0.05, 0.1) is 0 Å². The molecule has 0 aliphatic heterocycles. The van der Waals surface area contributed by atoms with Crippen LogP contribution in [0.2, 0.25) is 0 Å². The molecule has 0 unspecified atom stereocenters. The molecule has 0 aromatic heterocycles. The molecule has 0 spiro atoms. The van der Waals surface area contributed by atoms with Crippen molar-refractivity contribution in [3.63, 3.8) is 0 Å². The average molecular weight is 490 g/mol. The standard InChI is InChI=1S/2C6H6.2C2H6.2C2H5.2CH5N.4CH4.Y/c2*1-2-4-6-5-3-1;6*1-2;;;;;/h2*1-6H;2*1-2H3;2*1H2,2H3;2*2H2,1H3;4*1H4;/q;;;;2*-1;;;;;;;. The topological polar surface area (TPSA) is 52.0 Å². The Labute approximate surface area is 215 Å². The van der Waals surface area contributed by atoms with E-state index in [-0.39, 0.29) is 62.4 Å². The Morgan fingerprint density at radius 2 is 0.379 bits per heavy atom. The van der Waals surface area contributed by atoms with Crippen LogP contribution in [0, 0.1) is 13.8 Å². The molecule has 2 rings (SSSR count). The zero-order valence-electron chi connectivity index (χ0n) is 18.1. The minimum Gasteiger partial charge on any atom is -0.346 e. The van der Waals surface area contributed by atoms with Crippen LogP contribution < -0.4 is 11.5 Å². The van der Waals surface area contributed by atoms with Gasteiger partial charge in [-0.15, -0.1) is 0 Å². The largest absolute Gasteiger partial charge is 0.346 e. The maximum Gasteiger partial charge on any atom is 0 e. The third-order valence-corrected chi connectivity index (χ3v) is 1.33. The molecule has 29 heavy (non-hydrogen) atoms. The second-order valence-corrected chi connectivity index (χ2v) is 2.31. The molecule has 3 heteroatoms. The summed E-state index contributed by atoms with van der Waals surface area (Å²) in [6.45, 7) is 18.0. The van der Waals surface area contributed by atoms with Crippen molar-refractivity contribution in [3.8, 4) is 0 Å². The van der Waals surface area contributed by atoms with Gasteiger partial charge in [-0.25, -0.2) is 0 Å². The average Bonchev–Trinajstić information content (AvgIpc) is 2.79. The summed E-state index contributed by atoms with van der Waals surface area (Å²) in [6, 6.07) is 24.0. The van der Waals surface area contributed by atoms with Crippen molar-refractivity contribution >= 4 is 0 Å². The van der Waals surface area contributed by atoms with Crippen molar-refractivity contribution in [3.05, 3.63) is 86.6 Å². The van der Waals surface area contributed by atoms with E-state index in [2.05, 4.69) is 25.3 Å². The number of benzene rings is 2. The van der Waals surface area contributed by atoms with Crippen molar-refractivity contribution in [2.24, 2.45) is 11.5 Å². The first kappa shape index (κ1) is 70.4. The van der Waals surface area contributed by atoms with Crippen molar-refractivity contribution in [1.82, 2.24) is 0 Å². The fourth-order valence-corrected chi connectivity index (χ4v) is 0.770. The van der Waals surface area contributed by atoms with Gasteiger partial charge < -0.3 is 25.3 Å². The number of rotatable bonds is 0. The van der Waals surface area contributed by atoms with Crippen LogP contribution in [0.25, 0.3) is 0 Å². The summed E-state index contributed by atoms with van der Waals surface area (Å²) in [5.41, 5.74) is 9.00. The smallest absolute Gasteiger partial charge is 0 e. The van der Waals surface area contributed by atoms with Crippen LogP contribution in [-0.2, 0) is 32.7 Å². The Hall–Kier alpha value is -0.536. The molecule has 2 aromatic rings. The maximum absolute atomic E-state index is 4.50. The first-order chi connectivity index (χ1) is 12.0. The summed E-state index contributed by atoms with van der Waals surface area (Å²) in [7, 11) is 3.00. The van der Waals surface area contributed by atoms with Crippen LogP contribution in [0.4, 0.5) is 0 Å². The molecule has 0 fully saturated rings. The first-order valence-electron chi connectivity index (χ1n) is 8.57. The van der Waals surface area contributed by atoms with Gasteiger partial charge in [-0.1, -0.05) is 130 Å². The summed E-state index contributed by atoms with van der Waals surface area (Å²) < 4.78 is 0. The molecule has 1 radical (unpaired) electrons. The molecule has 2 nitrogen and oxygen atoms in total. The van der Waals surface area contributed by atoms with E-state index in [1.165, 1.54) is 14.1 Å². The Bertz CT molecular complexity index is 192. The summed E-state index contributed by atoms with van der Waals surface area (Å²) in [5, 5.41) is 0. The van der Waals surface area contributed by atoms with E-state index >= 15 is 0 Å². The molecule has 4 N–H and O–H groups in total. The van der Waals surface area contributed by atoms with Gasteiger partial charge in [-0.05, 0) is 14.1 Å². The fraction of sp³-hybridized carbons (Fsp3) is 0.462. The van der Waals surface area contributed by atoms with E-state index in [0.29, 0.717) is 0 Å². The molecule has 179 valence electrons. The Morgan fingerprint density at radius 3 is 0.414 bits per heavy atom. The Kier molecular flexibility index (Phi) is 355. The van der Waals surface area contributed by atoms with Gasteiger partial charge >= 0.3 is 0 Å². The van der Waals surface area contributed by atoms with E-state index in [4.69, 9.17) is 0 Å². The quantitative estimate of drug-likeness (QED) is 0.363. The van der Waals surface area contributed by atoms with Gasteiger partial charge in [-0.2, -0.15) is 13.8 Å². The van der Waals surface area contributed by atoms with Crippen LogP contribution in [0.3, 0.4) is 0 Å². The van der Waals surface area contributed by atoms with Crippen LogP contribution >= 0.6 is 0 Å². The second-order valence-electron chi connectivity index (χ2n) is 2.31. The molecule has 2 aromatic carbocycles. The number of hydrogen-bond donors (Lipinski definition) is 2. The molecular weight excluding hydrogens is 429 g/mol. The summed E-state index contributed by atoms with van der Waals surface area (Å²) in [6.07, 6.45) is 0. The number of hydrogen-bond acceptors (Lipinski definition) is 2. The van der Waals surface area contributed by atoms with Crippen molar-refractivity contribution in [1.29, 1.82) is 0 Å². The molecule has 0 saturated carbocycles. The summed E-state index contributed by atoms with van der Waals surface area (Å²) in [4.78, 5) is 0. The van der Waals surface area contributed by atoms with E-state index in [0.717, 1.165) is 0 Å². The van der Waals surface area contributed by atoms with Gasteiger partial charge in [0.1, 0.15) is 0 Å². The zero-order valence-corrected chi connectivity index (χ0v) is 20.9. The van der Waals surface area contributed by atoms with E-state index in [9.17, 15) is 0 Å². The van der Waals surface area contributed by atoms with Crippen LogP contribution in [-0.4, -0.2) is 14.1 Å². The molecule has 0 atom stereocenters. The minimum absolute atomic E-state index is 0. The van der Waals surface area contributed by atoms with Gasteiger partial charge in [0.25, 0.3) is 0 Å². The minimum atomic E-state index is 0. The van der Waals surface area contributed by atoms with E-state index in [1.54, 1.807) is 13.8 Å². The first-order valence-corrected chi connectivity index (χ1v) is 8.57. The van der Waals surface area contributed by atoms with Crippen molar-refractivity contribution in [2.75, 3.05) is 14.1 Å². The normalized spacial score (nSPS) is 4.55. The molecule has 0 heterocycles. The molecule has 0 aliphatic rings. The van der Waals surface area contributed by atoms with Gasteiger partial charge in [0.15, 0.2) is 0 Å². The van der Waals surface area contributed by atoms with Crippen LogP contribution in [0.15, 0.2) is 72.8 Å². The Balaban J connectivity index is -0.0000000149. The summed E-state index contributed by atoms with van der Waals surface area (Å²) >= 11 is 0. The number of nitrogens with two attached hydrogens (primary N) is 2. The van der Waals surface area contributed by atoms with E-state index in [1.807, 2.05) is 100 Å². The van der Waals surface area contributed by atoms with Crippen LogP contribution in [0.5, 0.6) is 0 Å². The van der Waals surface area contributed by atoms with E-state index < -0.39 is 0 Å². The SMILES string of the molecule is C.C.C.C.CC.CC.CN.CN.[CH2-]C.[CH2-]C.[Y].c1ccccc1.c1ccccc1. The molecular formula is C26H60N2Y-2. The predicted molar refractivity (Wildman–Crippen MR) is 145 cm³/mol. The van der Waals surface area contributed by atoms with Gasteiger partial charge in [0, 0.05) is 32.7 Å².